The Hall–Kier alpha value is -1.83. The molecule has 0 bridgehead atoms. The molecule has 2 amide bonds. The number of amides is 2. The van der Waals surface area contributed by atoms with Crippen molar-refractivity contribution < 1.29 is 22.4 Å². The van der Waals surface area contributed by atoms with Gasteiger partial charge in [0.1, 0.15) is 5.76 Å². The lowest BCUT2D eigenvalue weighted by molar-refractivity contribution is -0.135. The van der Waals surface area contributed by atoms with E-state index in [2.05, 4.69) is 5.32 Å². The predicted octanol–water partition coefficient (Wildman–Crippen LogP) is -0.0686. The van der Waals surface area contributed by atoms with Crippen molar-refractivity contribution in [1.82, 2.24) is 10.2 Å². The first-order chi connectivity index (χ1) is 9.85. The van der Waals surface area contributed by atoms with Gasteiger partial charge in [-0.3, -0.25) is 9.59 Å². The summed E-state index contributed by atoms with van der Waals surface area (Å²) in [7, 11) is -3.04. The third-order valence-electron chi connectivity index (χ3n) is 3.30. The minimum absolute atomic E-state index is 0.0308. The maximum atomic E-state index is 11.9. The van der Waals surface area contributed by atoms with Crippen molar-refractivity contribution in [1.29, 1.82) is 0 Å². The van der Waals surface area contributed by atoms with Gasteiger partial charge in [-0.15, -0.1) is 0 Å². The summed E-state index contributed by atoms with van der Waals surface area (Å²) in [5, 5.41) is 2.66. The first-order valence-corrected chi connectivity index (χ1v) is 8.45. The Kier molecular flexibility index (Phi) is 4.66. The second-order valence-corrected chi connectivity index (χ2v) is 7.35. The number of nitrogens with one attached hydrogen (secondary N) is 1. The lowest BCUT2D eigenvalue weighted by Gasteiger charge is -2.20. The van der Waals surface area contributed by atoms with E-state index in [1.807, 2.05) is 0 Å². The van der Waals surface area contributed by atoms with Crippen molar-refractivity contribution in [2.24, 2.45) is 0 Å². The van der Waals surface area contributed by atoms with Crippen LogP contribution in [0.4, 0.5) is 0 Å². The molecule has 1 fully saturated rings. The summed E-state index contributed by atoms with van der Waals surface area (Å²) < 4.78 is 27.8. The van der Waals surface area contributed by atoms with Crippen LogP contribution in [0.1, 0.15) is 19.1 Å². The maximum Gasteiger partial charge on any atom is 0.239 e. The van der Waals surface area contributed by atoms with Crippen LogP contribution in [-0.4, -0.2) is 49.2 Å². The fraction of sp³-hybridized carbons (Fsp3) is 0.538. The topological polar surface area (TPSA) is 96.7 Å². The minimum Gasteiger partial charge on any atom is -0.467 e. The van der Waals surface area contributed by atoms with Crippen LogP contribution in [0.5, 0.6) is 0 Å². The molecule has 1 aliphatic heterocycles. The van der Waals surface area contributed by atoms with Gasteiger partial charge in [0.15, 0.2) is 9.84 Å². The quantitative estimate of drug-likeness (QED) is 0.820. The maximum absolute atomic E-state index is 11.9. The smallest absolute Gasteiger partial charge is 0.239 e. The summed E-state index contributed by atoms with van der Waals surface area (Å²) in [6, 6.07) is 3.06. The molecule has 7 nitrogen and oxygen atoms in total. The van der Waals surface area contributed by atoms with Crippen LogP contribution in [0, 0.1) is 0 Å². The summed E-state index contributed by atoms with van der Waals surface area (Å²) >= 11 is 0. The molecule has 1 N–H and O–H groups in total. The van der Waals surface area contributed by atoms with Crippen LogP contribution >= 0.6 is 0 Å². The highest BCUT2D eigenvalue weighted by atomic mass is 32.2. The first kappa shape index (κ1) is 15.6. The van der Waals surface area contributed by atoms with Gasteiger partial charge in [0, 0.05) is 13.0 Å². The Morgan fingerprint density at radius 3 is 2.76 bits per heavy atom. The van der Waals surface area contributed by atoms with Crippen LogP contribution in [0.25, 0.3) is 0 Å². The largest absolute Gasteiger partial charge is 0.467 e. The molecule has 0 saturated carbocycles. The highest BCUT2D eigenvalue weighted by Crippen LogP contribution is 2.11. The summed E-state index contributed by atoms with van der Waals surface area (Å²) in [6.07, 6.45) is 1.92. The van der Waals surface area contributed by atoms with Crippen molar-refractivity contribution >= 4 is 21.7 Å². The number of nitrogens with zero attached hydrogens (tertiary/aromatic N) is 1. The van der Waals surface area contributed by atoms with Gasteiger partial charge in [-0.25, -0.2) is 8.42 Å². The molecule has 1 unspecified atom stereocenters. The predicted molar refractivity (Wildman–Crippen MR) is 75.0 cm³/mol. The van der Waals surface area contributed by atoms with Crippen LogP contribution in [-0.2, 0) is 26.0 Å². The molecule has 1 aliphatic rings. The number of carbonyl (C=O) groups is 2. The minimum atomic E-state index is -3.04. The number of hydrogen-bond acceptors (Lipinski definition) is 5. The van der Waals surface area contributed by atoms with E-state index in [4.69, 9.17) is 4.42 Å². The standard InChI is InChI=1S/C13H18N2O5S/c1-10(16)15(7-12-3-2-5-20-12)8-13(17)14-11-4-6-21(18,19)9-11/h2-3,5,11H,4,6-9H2,1H3,(H,14,17). The Bertz CT molecular complexity index is 609. The Morgan fingerprint density at radius 1 is 1.48 bits per heavy atom. The van der Waals surface area contributed by atoms with Crippen LogP contribution in [0.2, 0.25) is 0 Å². The summed E-state index contributed by atoms with van der Waals surface area (Å²) in [5.41, 5.74) is 0. The zero-order chi connectivity index (χ0) is 15.5. The van der Waals surface area contributed by atoms with E-state index in [1.54, 1.807) is 12.1 Å². The molecule has 21 heavy (non-hydrogen) atoms. The molecule has 116 valence electrons. The van der Waals surface area contributed by atoms with E-state index in [1.165, 1.54) is 18.1 Å². The molecule has 0 radical (unpaired) electrons. The summed E-state index contributed by atoms with van der Waals surface area (Å²) in [6.45, 7) is 1.46. The number of rotatable bonds is 5. The molecule has 1 atom stereocenters. The Labute approximate surface area is 123 Å². The molecule has 1 aromatic rings. The highest BCUT2D eigenvalue weighted by molar-refractivity contribution is 7.91. The molecule has 2 rings (SSSR count). The van der Waals surface area contributed by atoms with E-state index >= 15 is 0 Å². The highest BCUT2D eigenvalue weighted by Gasteiger charge is 2.29. The molecular formula is C13H18N2O5S. The monoisotopic (exact) mass is 314 g/mol. The van der Waals surface area contributed by atoms with Gasteiger partial charge in [0.2, 0.25) is 11.8 Å². The van der Waals surface area contributed by atoms with Crippen molar-refractivity contribution in [3.05, 3.63) is 24.2 Å². The number of hydrogen-bond donors (Lipinski definition) is 1. The zero-order valence-corrected chi connectivity index (χ0v) is 12.6. The van der Waals surface area contributed by atoms with Gasteiger partial charge in [0.25, 0.3) is 0 Å². The molecule has 0 aromatic carbocycles. The molecule has 8 heteroatoms. The third-order valence-corrected chi connectivity index (χ3v) is 5.07. The fourth-order valence-corrected chi connectivity index (χ4v) is 3.90. The van der Waals surface area contributed by atoms with E-state index in [9.17, 15) is 18.0 Å². The van der Waals surface area contributed by atoms with Crippen LogP contribution in [0.3, 0.4) is 0 Å². The van der Waals surface area contributed by atoms with E-state index in [-0.39, 0.29) is 42.5 Å². The molecule has 0 aliphatic carbocycles. The molecule has 1 saturated heterocycles. The van der Waals surface area contributed by atoms with Crippen molar-refractivity contribution in [2.75, 3.05) is 18.1 Å². The number of carbonyl (C=O) groups excluding carboxylic acids is 2. The second-order valence-electron chi connectivity index (χ2n) is 5.12. The van der Waals surface area contributed by atoms with Crippen molar-refractivity contribution in [3.8, 4) is 0 Å². The lowest BCUT2D eigenvalue weighted by Crippen LogP contribution is -2.43. The van der Waals surface area contributed by atoms with Gasteiger partial charge in [-0.1, -0.05) is 0 Å². The van der Waals surface area contributed by atoms with Gasteiger partial charge in [-0.2, -0.15) is 0 Å². The normalized spacial score (nSPS) is 20.1. The molecule has 1 aromatic heterocycles. The van der Waals surface area contributed by atoms with Crippen LogP contribution < -0.4 is 5.32 Å². The summed E-state index contributed by atoms with van der Waals surface area (Å²) in [5.74, 6) is 0.0403. The van der Waals surface area contributed by atoms with Gasteiger partial charge in [0.05, 0.1) is 30.9 Å². The van der Waals surface area contributed by atoms with Gasteiger partial charge < -0.3 is 14.6 Å². The second kappa shape index (κ2) is 6.30. The van der Waals surface area contributed by atoms with Crippen molar-refractivity contribution in [3.63, 3.8) is 0 Å². The van der Waals surface area contributed by atoms with E-state index in [0.717, 1.165) is 0 Å². The summed E-state index contributed by atoms with van der Waals surface area (Å²) in [4.78, 5) is 24.8. The average molecular weight is 314 g/mol. The lowest BCUT2D eigenvalue weighted by atomic mass is 10.2. The van der Waals surface area contributed by atoms with Gasteiger partial charge >= 0.3 is 0 Å². The SMILES string of the molecule is CC(=O)N(CC(=O)NC1CCS(=O)(=O)C1)Cc1ccco1. The molecular weight excluding hydrogens is 296 g/mol. The number of furan rings is 1. The Morgan fingerprint density at radius 2 is 2.24 bits per heavy atom. The first-order valence-electron chi connectivity index (χ1n) is 6.63. The fourth-order valence-electron chi connectivity index (χ4n) is 2.22. The van der Waals surface area contributed by atoms with Crippen LogP contribution in [0.15, 0.2) is 22.8 Å². The van der Waals surface area contributed by atoms with Gasteiger partial charge in [-0.05, 0) is 18.6 Å². The average Bonchev–Trinajstić information content (AvgIpc) is 2.98. The third kappa shape index (κ3) is 4.59. The molecule has 2 heterocycles. The van der Waals surface area contributed by atoms with Crippen molar-refractivity contribution in [2.45, 2.75) is 25.9 Å². The zero-order valence-electron chi connectivity index (χ0n) is 11.7. The number of sulfone groups is 1. The van der Waals surface area contributed by atoms with E-state index in [0.29, 0.717) is 12.2 Å². The Balaban J connectivity index is 1.88. The molecule has 0 spiro atoms. The van der Waals surface area contributed by atoms with E-state index < -0.39 is 9.84 Å².